The topological polar surface area (TPSA) is 41.1 Å². The summed E-state index contributed by atoms with van der Waals surface area (Å²) < 4.78 is 0. The minimum atomic E-state index is -0.00609. The molecule has 0 bridgehead atoms. The molecule has 1 aromatic carbocycles. The molecule has 1 atom stereocenters. The molecule has 0 fully saturated rings. The Kier molecular flexibility index (Phi) is 5.53. The summed E-state index contributed by atoms with van der Waals surface area (Å²) in [5.74, 6) is 0.599. The van der Waals surface area contributed by atoms with Crippen molar-refractivity contribution in [2.24, 2.45) is 0 Å². The van der Waals surface area contributed by atoms with Gasteiger partial charge in [0.15, 0.2) is 0 Å². The van der Waals surface area contributed by atoms with E-state index in [9.17, 15) is 4.79 Å². The van der Waals surface area contributed by atoms with E-state index in [-0.39, 0.29) is 5.91 Å². The summed E-state index contributed by atoms with van der Waals surface area (Å²) in [6.45, 7) is 4.77. The Balaban J connectivity index is 2.52. The Morgan fingerprint density at radius 3 is 2.47 bits per heavy atom. The molecule has 0 aliphatic carbocycles. The van der Waals surface area contributed by atoms with E-state index in [2.05, 4.69) is 36.6 Å². The molecule has 94 valence electrons. The minimum absolute atomic E-state index is 0.00609. The molecule has 1 aromatic rings. The van der Waals surface area contributed by atoms with E-state index >= 15 is 0 Å². The van der Waals surface area contributed by atoms with Crippen LogP contribution in [0.1, 0.15) is 38.2 Å². The summed E-state index contributed by atoms with van der Waals surface area (Å²) in [6.07, 6.45) is 2.42. The average molecular weight is 234 g/mol. The lowest BCUT2D eigenvalue weighted by atomic mass is 9.96. The molecule has 0 aliphatic heterocycles. The molecule has 3 heteroatoms. The quantitative estimate of drug-likeness (QED) is 0.794. The van der Waals surface area contributed by atoms with Crippen molar-refractivity contribution in [1.29, 1.82) is 0 Å². The van der Waals surface area contributed by atoms with Gasteiger partial charge in [-0.2, -0.15) is 0 Å². The van der Waals surface area contributed by atoms with Crippen LogP contribution in [0.25, 0.3) is 0 Å². The van der Waals surface area contributed by atoms with E-state index in [1.54, 1.807) is 7.05 Å². The van der Waals surface area contributed by atoms with Gasteiger partial charge < -0.3 is 10.6 Å². The van der Waals surface area contributed by atoms with E-state index < -0.39 is 0 Å². The lowest BCUT2D eigenvalue weighted by molar-refractivity contribution is -0.118. The van der Waals surface area contributed by atoms with Crippen molar-refractivity contribution in [1.82, 2.24) is 5.32 Å². The van der Waals surface area contributed by atoms with Gasteiger partial charge in [-0.15, -0.1) is 0 Å². The number of carbonyl (C=O) groups is 1. The van der Waals surface area contributed by atoms with E-state index in [4.69, 9.17) is 0 Å². The first-order valence-electron chi connectivity index (χ1n) is 6.21. The van der Waals surface area contributed by atoms with Gasteiger partial charge in [-0.1, -0.05) is 32.4 Å². The Morgan fingerprint density at radius 2 is 1.94 bits per heavy atom. The molecule has 1 rings (SSSR count). The third-order valence-electron chi connectivity index (χ3n) is 2.93. The normalized spacial score (nSPS) is 11.9. The molecule has 0 aromatic heterocycles. The molecule has 0 radical (unpaired) electrons. The zero-order valence-corrected chi connectivity index (χ0v) is 10.9. The molecule has 0 saturated heterocycles. The average Bonchev–Trinajstić information content (AvgIpc) is 2.36. The number of nitrogens with one attached hydrogen (secondary N) is 2. The summed E-state index contributed by atoms with van der Waals surface area (Å²) in [7, 11) is 1.64. The second kappa shape index (κ2) is 6.94. The SMILES string of the molecule is CCCC(C)c1ccc(NCC(=O)NC)cc1. The summed E-state index contributed by atoms with van der Waals surface area (Å²) in [6, 6.07) is 8.33. The van der Waals surface area contributed by atoms with Crippen molar-refractivity contribution >= 4 is 11.6 Å². The van der Waals surface area contributed by atoms with Crippen molar-refractivity contribution < 1.29 is 4.79 Å². The fraction of sp³-hybridized carbons (Fsp3) is 0.500. The lowest BCUT2D eigenvalue weighted by Gasteiger charge is -2.11. The van der Waals surface area contributed by atoms with Gasteiger partial charge in [0.25, 0.3) is 0 Å². The molecule has 3 nitrogen and oxygen atoms in total. The van der Waals surface area contributed by atoms with Crippen LogP contribution in [0.15, 0.2) is 24.3 Å². The van der Waals surface area contributed by atoms with Crippen molar-refractivity contribution in [3.05, 3.63) is 29.8 Å². The van der Waals surface area contributed by atoms with Crippen LogP contribution in [0.5, 0.6) is 0 Å². The maximum Gasteiger partial charge on any atom is 0.239 e. The van der Waals surface area contributed by atoms with Crippen LogP contribution in [0, 0.1) is 0 Å². The Hall–Kier alpha value is -1.51. The van der Waals surface area contributed by atoms with E-state index in [1.807, 2.05) is 12.1 Å². The highest BCUT2D eigenvalue weighted by molar-refractivity contribution is 5.80. The monoisotopic (exact) mass is 234 g/mol. The number of anilines is 1. The van der Waals surface area contributed by atoms with Crippen LogP contribution in [0.3, 0.4) is 0 Å². The minimum Gasteiger partial charge on any atom is -0.376 e. The fourth-order valence-corrected chi connectivity index (χ4v) is 1.80. The van der Waals surface area contributed by atoms with Crippen molar-refractivity contribution in [2.45, 2.75) is 32.6 Å². The molecule has 0 aliphatic rings. The number of likely N-dealkylation sites (N-methyl/N-ethyl adjacent to an activating group) is 1. The van der Waals surface area contributed by atoms with Crippen LogP contribution < -0.4 is 10.6 Å². The van der Waals surface area contributed by atoms with Gasteiger partial charge >= 0.3 is 0 Å². The van der Waals surface area contributed by atoms with Gasteiger partial charge in [-0.05, 0) is 30.0 Å². The molecule has 2 N–H and O–H groups in total. The molecule has 0 saturated carbocycles. The maximum absolute atomic E-state index is 11.1. The van der Waals surface area contributed by atoms with Crippen LogP contribution >= 0.6 is 0 Å². The molecular weight excluding hydrogens is 212 g/mol. The number of carbonyl (C=O) groups excluding carboxylic acids is 1. The Morgan fingerprint density at radius 1 is 1.29 bits per heavy atom. The lowest BCUT2D eigenvalue weighted by Crippen LogP contribution is -2.26. The predicted octanol–water partition coefficient (Wildman–Crippen LogP) is 2.75. The summed E-state index contributed by atoms with van der Waals surface area (Å²) in [4.78, 5) is 11.1. The van der Waals surface area contributed by atoms with Gasteiger partial charge in [0.05, 0.1) is 6.54 Å². The van der Waals surface area contributed by atoms with Crippen LogP contribution in [-0.4, -0.2) is 19.5 Å². The number of hydrogen-bond acceptors (Lipinski definition) is 2. The number of hydrogen-bond donors (Lipinski definition) is 2. The molecule has 0 heterocycles. The third kappa shape index (κ3) is 4.47. The van der Waals surface area contributed by atoms with Gasteiger partial charge in [0, 0.05) is 12.7 Å². The van der Waals surface area contributed by atoms with Crippen molar-refractivity contribution in [3.8, 4) is 0 Å². The van der Waals surface area contributed by atoms with Crippen LogP contribution in [0.4, 0.5) is 5.69 Å². The van der Waals surface area contributed by atoms with Gasteiger partial charge in [-0.3, -0.25) is 4.79 Å². The van der Waals surface area contributed by atoms with Crippen LogP contribution in [-0.2, 0) is 4.79 Å². The van der Waals surface area contributed by atoms with Crippen LogP contribution in [0.2, 0.25) is 0 Å². The van der Waals surface area contributed by atoms with E-state index in [1.165, 1.54) is 18.4 Å². The zero-order chi connectivity index (χ0) is 12.7. The number of rotatable bonds is 6. The Labute approximate surface area is 104 Å². The first-order valence-corrected chi connectivity index (χ1v) is 6.21. The highest BCUT2D eigenvalue weighted by atomic mass is 16.1. The van der Waals surface area contributed by atoms with E-state index in [0.29, 0.717) is 12.5 Å². The largest absolute Gasteiger partial charge is 0.376 e. The highest BCUT2D eigenvalue weighted by Gasteiger charge is 2.04. The second-order valence-electron chi connectivity index (χ2n) is 4.34. The predicted molar refractivity (Wildman–Crippen MR) is 72.3 cm³/mol. The first-order chi connectivity index (χ1) is 8.17. The van der Waals surface area contributed by atoms with Crippen molar-refractivity contribution in [3.63, 3.8) is 0 Å². The highest BCUT2D eigenvalue weighted by Crippen LogP contribution is 2.21. The summed E-state index contributed by atoms with van der Waals surface area (Å²) in [5, 5.41) is 5.66. The smallest absolute Gasteiger partial charge is 0.239 e. The summed E-state index contributed by atoms with van der Waals surface area (Å²) in [5.41, 5.74) is 2.35. The Bertz CT molecular complexity index is 346. The molecule has 17 heavy (non-hydrogen) atoms. The zero-order valence-electron chi connectivity index (χ0n) is 10.9. The summed E-state index contributed by atoms with van der Waals surface area (Å²) >= 11 is 0. The second-order valence-corrected chi connectivity index (χ2v) is 4.34. The molecule has 1 unspecified atom stereocenters. The molecule has 0 spiro atoms. The van der Waals surface area contributed by atoms with Gasteiger partial charge in [-0.25, -0.2) is 0 Å². The fourth-order valence-electron chi connectivity index (χ4n) is 1.80. The van der Waals surface area contributed by atoms with Crippen molar-refractivity contribution in [2.75, 3.05) is 18.9 Å². The van der Waals surface area contributed by atoms with Gasteiger partial charge in [0.2, 0.25) is 5.91 Å². The molecular formula is C14H22N2O. The number of benzene rings is 1. The third-order valence-corrected chi connectivity index (χ3v) is 2.93. The first kappa shape index (κ1) is 13.6. The van der Waals surface area contributed by atoms with E-state index in [0.717, 1.165) is 5.69 Å². The van der Waals surface area contributed by atoms with Gasteiger partial charge in [0.1, 0.15) is 0 Å². The number of amides is 1. The molecule has 1 amide bonds. The maximum atomic E-state index is 11.1. The standard InChI is InChI=1S/C14H22N2O/c1-4-5-11(2)12-6-8-13(9-7-12)16-10-14(17)15-3/h6-9,11,16H,4-5,10H2,1-3H3,(H,15,17).